The lowest BCUT2D eigenvalue weighted by Gasteiger charge is -2.41. The maximum Gasteiger partial charge on any atom is 0.197 e. The number of thiophene rings is 1. The molecule has 1 aliphatic heterocycles. The molecule has 8 aromatic carbocycles. The van der Waals surface area contributed by atoms with Crippen LogP contribution in [-0.4, -0.2) is 11.8 Å². The minimum atomic E-state index is -0.133. The number of rotatable bonds is 3. The average Bonchev–Trinajstić information content (AvgIpc) is 4.02. The van der Waals surface area contributed by atoms with E-state index >= 15 is 0 Å². The Bertz CT molecular complexity index is 4030. The molecular formula is C63H54BN2OS. The fourth-order valence-electron chi connectivity index (χ4n) is 12.6. The maximum absolute atomic E-state index is 6.62. The van der Waals surface area contributed by atoms with Crippen molar-refractivity contribution >= 4 is 105 Å². The highest BCUT2D eigenvalue weighted by molar-refractivity contribution is 7.25. The van der Waals surface area contributed by atoms with Crippen LogP contribution in [0.5, 0.6) is 0 Å². The highest BCUT2D eigenvalue weighted by Gasteiger charge is 2.39. The summed E-state index contributed by atoms with van der Waals surface area (Å²) in [4.78, 5) is 0. The van der Waals surface area contributed by atoms with Gasteiger partial charge < -0.3 is 14.3 Å². The van der Waals surface area contributed by atoms with Crippen LogP contribution in [0.15, 0.2) is 138 Å². The van der Waals surface area contributed by atoms with E-state index in [1.165, 1.54) is 116 Å². The number of nitrogens with zero attached hydrogens (tertiary/aromatic N) is 1. The number of benzene rings is 8. The molecule has 11 aromatic rings. The van der Waals surface area contributed by atoms with E-state index in [1.807, 2.05) is 11.3 Å². The van der Waals surface area contributed by atoms with E-state index in [-0.39, 0.29) is 21.7 Å². The third kappa shape index (κ3) is 5.54. The second-order valence-corrected chi connectivity index (χ2v) is 24.2. The van der Waals surface area contributed by atoms with Gasteiger partial charge in [-0.1, -0.05) is 141 Å². The number of furan rings is 1. The predicted octanol–water partition coefficient (Wildman–Crippen LogP) is 16.4. The predicted molar refractivity (Wildman–Crippen MR) is 293 cm³/mol. The molecule has 68 heavy (non-hydrogen) atoms. The zero-order valence-corrected chi connectivity index (χ0v) is 41.3. The summed E-state index contributed by atoms with van der Waals surface area (Å²) in [6.07, 6.45) is 2.39. The highest BCUT2D eigenvalue weighted by atomic mass is 32.1. The van der Waals surface area contributed by atoms with Gasteiger partial charge in [0.1, 0.15) is 11.2 Å². The fourth-order valence-corrected chi connectivity index (χ4v) is 13.8. The molecule has 4 heterocycles. The van der Waals surface area contributed by atoms with Gasteiger partial charge in [-0.3, -0.25) is 0 Å². The monoisotopic (exact) mass is 897 g/mol. The van der Waals surface area contributed by atoms with Crippen LogP contribution >= 0.6 is 11.3 Å². The van der Waals surface area contributed by atoms with Crippen LogP contribution in [0.25, 0.3) is 91.9 Å². The summed E-state index contributed by atoms with van der Waals surface area (Å²) in [6.45, 7) is 21.4. The molecule has 0 fully saturated rings. The molecule has 0 saturated heterocycles. The lowest BCUT2D eigenvalue weighted by molar-refractivity contribution is 0.332. The summed E-state index contributed by atoms with van der Waals surface area (Å²) in [5, 5.41) is 11.5. The summed E-state index contributed by atoms with van der Waals surface area (Å²) in [7, 11) is 2.47. The van der Waals surface area contributed by atoms with Crippen molar-refractivity contribution in [2.24, 2.45) is 0 Å². The van der Waals surface area contributed by atoms with Gasteiger partial charge in [0.2, 0.25) is 0 Å². The first-order chi connectivity index (χ1) is 32.5. The quantitative estimate of drug-likeness (QED) is 0.179. The Hall–Kier alpha value is -6.56. The zero-order valence-electron chi connectivity index (χ0n) is 40.5. The van der Waals surface area contributed by atoms with Gasteiger partial charge in [-0.05, 0) is 134 Å². The summed E-state index contributed by atoms with van der Waals surface area (Å²) < 4.78 is 11.9. The number of nitrogens with one attached hydrogen (secondary N) is 1. The van der Waals surface area contributed by atoms with E-state index in [9.17, 15) is 0 Å². The minimum Gasteiger partial charge on any atom is -0.456 e. The molecule has 1 radical (unpaired) electrons. The molecule has 3 aromatic heterocycles. The molecule has 14 rings (SSSR count). The van der Waals surface area contributed by atoms with Gasteiger partial charge in [-0.25, -0.2) is 0 Å². The fraction of sp³-hybridized carbons (Fsp3) is 0.238. The molecule has 2 aliphatic carbocycles. The highest BCUT2D eigenvalue weighted by Crippen LogP contribution is 2.53. The Labute approximate surface area is 403 Å². The molecule has 1 N–H and O–H groups in total. The van der Waals surface area contributed by atoms with E-state index in [1.54, 1.807) is 0 Å². The maximum atomic E-state index is 6.62. The van der Waals surface area contributed by atoms with Crippen molar-refractivity contribution in [1.82, 2.24) is 4.57 Å². The molecule has 0 saturated carbocycles. The molecule has 0 bridgehead atoms. The smallest absolute Gasteiger partial charge is 0.197 e. The van der Waals surface area contributed by atoms with E-state index in [0.29, 0.717) is 0 Å². The van der Waals surface area contributed by atoms with Gasteiger partial charge in [0.15, 0.2) is 7.28 Å². The van der Waals surface area contributed by atoms with Crippen molar-refractivity contribution < 1.29 is 4.42 Å². The van der Waals surface area contributed by atoms with Gasteiger partial charge in [0, 0.05) is 81.3 Å². The van der Waals surface area contributed by atoms with Crippen LogP contribution in [0.4, 0.5) is 11.4 Å². The van der Waals surface area contributed by atoms with Gasteiger partial charge in [-0.15, -0.1) is 11.3 Å². The van der Waals surface area contributed by atoms with Crippen LogP contribution in [0, 0.1) is 0 Å². The number of hydrogen-bond donors (Lipinski definition) is 1. The number of hydrogen-bond acceptors (Lipinski definition) is 3. The molecule has 0 atom stereocenters. The Balaban J connectivity index is 1.06. The first kappa shape index (κ1) is 40.5. The topological polar surface area (TPSA) is 30.1 Å². The van der Waals surface area contributed by atoms with E-state index < -0.39 is 0 Å². The molecule has 331 valence electrons. The van der Waals surface area contributed by atoms with Gasteiger partial charge in [0.05, 0.1) is 5.52 Å². The Kier molecular flexibility index (Phi) is 7.96. The van der Waals surface area contributed by atoms with Crippen molar-refractivity contribution in [2.75, 3.05) is 5.32 Å². The third-order valence-corrected chi connectivity index (χ3v) is 17.8. The first-order valence-electron chi connectivity index (χ1n) is 24.5. The van der Waals surface area contributed by atoms with E-state index in [0.717, 1.165) is 39.0 Å². The summed E-state index contributed by atoms with van der Waals surface area (Å²) in [5.74, 6) is 0. The Morgan fingerprint density at radius 3 is 2.06 bits per heavy atom. The molecule has 3 nitrogen and oxygen atoms in total. The Morgan fingerprint density at radius 1 is 0.559 bits per heavy atom. The normalized spacial score (nSPS) is 16.4. The van der Waals surface area contributed by atoms with E-state index in [2.05, 4.69) is 213 Å². The Morgan fingerprint density at radius 2 is 1.26 bits per heavy atom. The number of anilines is 2. The van der Waals surface area contributed by atoms with Crippen molar-refractivity contribution in [1.29, 1.82) is 0 Å². The lowest BCUT2D eigenvalue weighted by atomic mass is 9.59. The molecule has 0 spiro atoms. The second-order valence-electron chi connectivity index (χ2n) is 23.1. The second kappa shape index (κ2) is 13.4. The number of para-hydroxylation sites is 1. The van der Waals surface area contributed by atoms with Crippen molar-refractivity contribution in [3.8, 4) is 27.9 Å². The SMILES string of the molecule is CC(C)(C)c1ccc(Nc2cc3sc4cc5c(cc4c3cc2-c2ccc3c4cc6c(cc4n4c3c2[B]c2cc3c(cc2-4)oc2ccccc23)C(C)(C)c2ccccc2-6)C(C)(C)CCC5(C)C)cc1. The minimum absolute atomic E-state index is 0.0677. The van der Waals surface area contributed by atoms with Crippen molar-refractivity contribution in [2.45, 2.75) is 96.8 Å². The van der Waals surface area contributed by atoms with E-state index in [4.69, 9.17) is 4.42 Å². The standard InChI is InChI=1S/C63H54BN2OS/c1-60(2,3)34-18-20-35(21-19-34)65-51-32-57-44(45-28-48-49(31-56(45)68-57)62(6,7)25-24-61(48,4)5)27-41(51)38-22-23-39-42-26-40-36-14-10-12-16-46(36)63(8,9)47(40)30-52(42)66-53-33-55-43(29-50(53)64-58(38)59(39)66)37-15-11-13-17-54(37)67-55/h10-23,26-33,65H,24-25H2,1-9H3. The summed E-state index contributed by atoms with van der Waals surface area (Å²) >= 11 is 1.94. The van der Waals surface area contributed by atoms with Crippen LogP contribution in [0.2, 0.25) is 0 Å². The van der Waals surface area contributed by atoms with Crippen LogP contribution in [0.3, 0.4) is 0 Å². The summed E-state index contributed by atoms with van der Waals surface area (Å²) in [6, 6.07) is 51.1. The molecular weight excluding hydrogens is 844 g/mol. The van der Waals surface area contributed by atoms with Crippen LogP contribution in [-0.2, 0) is 21.7 Å². The summed E-state index contributed by atoms with van der Waals surface area (Å²) in [5.41, 5.74) is 22.5. The number of aromatic nitrogens is 1. The lowest BCUT2D eigenvalue weighted by Crippen LogP contribution is -2.37. The molecule has 0 unspecified atom stereocenters. The third-order valence-electron chi connectivity index (χ3n) is 16.6. The van der Waals surface area contributed by atoms with Gasteiger partial charge in [-0.2, -0.15) is 0 Å². The zero-order chi connectivity index (χ0) is 46.4. The molecule has 3 aliphatic rings. The van der Waals surface area contributed by atoms with Crippen LogP contribution < -0.4 is 16.2 Å². The first-order valence-corrected chi connectivity index (χ1v) is 25.3. The largest absolute Gasteiger partial charge is 0.456 e. The van der Waals surface area contributed by atoms with Crippen molar-refractivity contribution in [3.63, 3.8) is 0 Å². The number of fused-ring (bicyclic) bond motifs is 15. The molecule has 0 amide bonds. The van der Waals surface area contributed by atoms with Gasteiger partial charge in [0.25, 0.3) is 0 Å². The average molecular weight is 898 g/mol. The van der Waals surface area contributed by atoms with Crippen molar-refractivity contribution in [3.05, 3.63) is 161 Å². The van der Waals surface area contributed by atoms with Crippen LogP contribution in [0.1, 0.15) is 103 Å². The van der Waals surface area contributed by atoms with Gasteiger partial charge >= 0.3 is 0 Å². The molecule has 5 heteroatoms.